The maximum absolute atomic E-state index is 13.5. The second-order valence-electron chi connectivity index (χ2n) is 8.42. The van der Waals surface area contributed by atoms with Gasteiger partial charge in [0.25, 0.3) is 0 Å². The van der Waals surface area contributed by atoms with Crippen LogP contribution in [-0.4, -0.2) is 30.1 Å². The highest BCUT2D eigenvalue weighted by Crippen LogP contribution is 2.33. The first-order valence-corrected chi connectivity index (χ1v) is 11.7. The van der Waals surface area contributed by atoms with Crippen molar-refractivity contribution in [3.63, 3.8) is 0 Å². The summed E-state index contributed by atoms with van der Waals surface area (Å²) in [7, 11) is 0. The lowest BCUT2D eigenvalue weighted by molar-refractivity contribution is -0.118. The second kappa shape index (κ2) is 8.40. The highest BCUT2D eigenvalue weighted by molar-refractivity contribution is 7.22. The third kappa shape index (κ3) is 4.21. The molecule has 0 aliphatic carbocycles. The van der Waals surface area contributed by atoms with Gasteiger partial charge in [0.05, 0.1) is 29.3 Å². The van der Waals surface area contributed by atoms with Gasteiger partial charge < -0.3 is 4.74 Å². The molecular weight excluding hydrogens is 404 g/mol. The minimum atomic E-state index is 0.0687. The zero-order chi connectivity index (χ0) is 21.4. The van der Waals surface area contributed by atoms with Crippen LogP contribution in [0.25, 0.3) is 21.0 Å². The minimum absolute atomic E-state index is 0.0687. The smallest absolute Gasteiger partial charge is 0.233 e. The summed E-state index contributed by atoms with van der Waals surface area (Å²) in [5.74, 6) is 0.0687. The van der Waals surface area contributed by atoms with E-state index in [0.29, 0.717) is 13.0 Å². The van der Waals surface area contributed by atoms with Crippen molar-refractivity contribution < 1.29 is 9.53 Å². The molecule has 5 heteroatoms. The topological polar surface area (TPSA) is 42.4 Å². The molecule has 4 nitrogen and oxygen atoms in total. The Morgan fingerprint density at radius 1 is 1.13 bits per heavy atom. The zero-order valence-corrected chi connectivity index (χ0v) is 18.7. The van der Waals surface area contributed by atoms with Gasteiger partial charge in [-0.05, 0) is 60.2 Å². The van der Waals surface area contributed by atoms with Crippen molar-refractivity contribution in [2.24, 2.45) is 0 Å². The van der Waals surface area contributed by atoms with E-state index in [1.165, 1.54) is 10.9 Å². The van der Waals surface area contributed by atoms with E-state index < -0.39 is 0 Å². The van der Waals surface area contributed by atoms with Crippen molar-refractivity contribution in [3.05, 3.63) is 71.3 Å². The number of benzene rings is 3. The third-order valence-electron chi connectivity index (χ3n) is 5.93. The van der Waals surface area contributed by atoms with Gasteiger partial charge in [-0.15, -0.1) is 0 Å². The molecule has 158 valence electrons. The molecule has 0 radical (unpaired) electrons. The Hall–Kier alpha value is -2.76. The number of aromatic nitrogens is 1. The molecule has 1 fully saturated rings. The van der Waals surface area contributed by atoms with Crippen LogP contribution in [0.3, 0.4) is 0 Å². The fourth-order valence-electron chi connectivity index (χ4n) is 4.37. The zero-order valence-electron chi connectivity index (χ0n) is 17.9. The number of carbonyl (C=O) groups is 1. The lowest BCUT2D eigenvalue weighted by Crippen LogP contribution is -2.38. The second-order valence-corrected chi connectivity index (χ2v) is 9.43. The summed E-state index contributed by atoms with van der Waals surface area (Å²) in [6.07, 6.45) is 2.47. The molecular formula is C26H26N2O2S. The molecule has 1 aliphatic heterocycles. The lowest BCUT2D eigenvalue weighted by atomic mass is 10.0. The molecule has 0 bridgehead atoms. The van der Waals surface area contributed by atoms with Crippen LogP contribution in [0.15, 0.2) is 54.6 Å². The molecule has 31 heavy (non-hydrogen) atoms. The predicted molar refractivity (Wildman–Crippen MR) is 128 cm³/mol. The van der Waals surface area contributed by atoms with E-state index in [4.69, 9.17) is 9.72 Å². The number of thiazole rings is 1. The molecule has 1 aliphatic rings. The van der Waals surface area contributed by atoms with Crippen LogP contribution < -0.4 is 4.90 Å². The summed E-state index contributed by atoms with van der Waals surface area (Å²) in [6.45, 7) is 5.51. The number of aryl methyl sites for hydroxylation is 2. The van der Waals surface area contributed by atoms with Crippen molar-refractivity contribution in [1.29, 1.82) is 0 Å². The van der Waals surface area contributed by atoms with Gasteiger partial charge in [-0.3, -0.25) is 9.69 Å². The normalized spacial score (nSPS) is 16.3. The largest absolute Gasteiger partial charge is 0.376 e. The van der Waals surface area contributed by atoms with E-state index in [2.05, 4.69) is 56.3 Å². The Balaban J connectivity index is 1.47. The number of fused-ring (bicyclic) bond motifs is 2. The van der Waals surface area contributed by atoms with Crippen LogP contribution in [0.1, 0.15) is 29.5 Å². The van der Waals surface area contributed by atoms with Crippen molar-refractivity contribution >= 4 is 43.4 Å². The number of anilines is 1. The highest BCUT2D eigenvalue weighted by Gasteiger charge is 2.26. The quantitative estimate of drug-likeness (QED) is 0.401. The molecule has 1 saturated heterocycles. The van der Waals surface area contributed by atoms with Gasteiger partial charge in [0.15, 0.2) is 5.13 Å². The van der Waals surface area contributed by atoms with E-state index in [9.17, 15) is 4.79 Å². The standard InChI is InChI=1S/C26H26N2O2S/c1-17-12-18(2)25-23(13-17)31-26(27-25)28(16-22-8-5-11-30-22)24(29)15-19-9-10-20-6-3-4-7-21(20)14-19/h3-4,6-7,9-10,12-14,22H,5,8,11,15-16H2,1-2H3. The molecule has 5 rings (SSSR count). The molecule has 1 aromatic heterocycles. The number of amides is 1. The first-order valence-electron chi connectivity index (χ1n) is 10.8. The Bertz CT molecular complexity index is 1260. The number of hydrogen-bond acceptors (Lipinski definition) is 4. The Kier molecular flexibility index (Phi) is 5.47. The molecule has 0 spiro atoms. The van der Waals surface area contributed by atoms with Crippen molar-refractivity contribution in [3.8, 4) is 0 Å². The summed E-state index contributed by atoms with van der Waals surface area (Å²) >= 11 is 1.60. The van der Waals surface area contributed by atoms with Gasteiger partial charge in [0, 0.05) is 6.61 Å². The highest BCUT2D eigenvalue weighted by atomic mass is 32.1. The van der Waals surface area contributed by atoms with Crippen LogP contribution in [-0.2, 0) is 16.0 Å². The monoisotopic (exact) mass is 430 g/mol. The Morgan fingerprint density at radius 2 is 1.97 bits per heavy atom. The van der Waals surface area contributed by atoms with Crippen LogP contribution in [0.2, 0.25) is 0 Å². The van der Waals surface area contributed by atoms with E-state index in [1.54, 1.807) is 11.3 Å². The molecule has 1 unspecified atom stereocenters. The Labute approximate surface area is 186 Å². The maximum atomic E-state index is 13.5. The Morgan fingerprint density at radius 3 is 2.77 bits per heavy atom. The van der Waals surface area contributed by atoms with Gasteiger partial charge in [0.1, 0.15) is 0 Å². The van der Waals surface area contributed by atoms with E-state index in [-0.39, 0.29) is 12.0 Å². The third-order valence-corrected chi connectivity index (χ3v) is 6.96. The average Bonchev–Trinajstić information content (AvgIpc) is 3.41. The molecule has 4 aromatic rings. The van der Waals surface area contributed by atoms with E-state index in [0.717, 1.165) is 51.3 Å². The summed E-state index contributed by atoms with van der Waals surface area (Å²) in [5.41, 5.74) is 4.38. The number of carbonyl (C=O) groups excluding carboxylic acids is 1. The SMILES string of the molecule is Cc1cc(C)c2nc(N(CC3CCCO3)C(=O)Cc3ccc4ccccc4c3)sc2c1. The minimum Gasteiger partial charge on any atom is -0.376 e. The van der Waals surface area contributed by atoms with Crippen LogP contribution in [0.5, 0.6) is 0 Å². The molecule has 1 amide bonds. The van der Waals surface area contributed by atoms with Gasteiger partial charge in [-0.1, -0.05) is 59.9 Å². The summed E-state index contributed by atoms with van der Waals surface area (Å²) < 4.78 is 6.99. The van der Waals surface area contributed by atoms with Crippen LogP contribution >= 0.6 is 11.3 Å². The molecule has 1 atom stereocenters. The average molecular weight is 431 g/mol. The van der Waals surface area contributed by atoms with E-state index in [1.807, 2.05) is 17.0 Å². The van der Waals surface area contributed by atoms with Gasteiger partial charge in [0.2, 0.25) is 5.91 Å². The number of ether oxygens (including phenoxy) is 1. The lowest BCUT2D eigenvalue weighted by Gasteiger charge is -2.23. The van der Waals surface area contributed by atoms with Crippen molar-refractivity contribution in [2.75, 3.05) is 18.1 Å². The number of nitrogens with zero attached hydrogens (tertiary/aromatic N) is 2. The van der Waals surface area contributed by atoms with Crippen molar-refractivity contribution in [1.82, 2.24) is 4.98 Å². The molecule has 3 aromatic carbocycles. The predicted octanol–water partition coefficient (Wildman–Crippen LogP) is 5.82. The fourth-order valence-corrected chi connectivity index (χ4v) is 5.54. The summed E-state index contributed by atoms with van der Waals surface area (Å²) in [6, 6.07) is 18.8. The first-order chi connectivity index (χ1) is 15.1. The molecule has 0 N–H and O–H groups in total. The molecule has 2 heterocycles. The first kappa shape index (κ1) is 20.2. The number of hydrogen-bond donors (Lipinski definition) is 0. The number of rotatable bonds is 5. The summed E-state index contributed by atoms with van der Waals surface area (Å²) in [5, 5.41) is 3.11. The van der Waals surface area contributed by atoms with Crippen LogP contribution in [0, 0.1) is 13.8 Å². The van der Waals surface area contributed by atoms with Gasteiger partial charge in [-0.25, -0.2) is 4.98 Å². The van der Waals surface area contributed by atoms with Gasteiger partial charge >= 0.3 is 0 Å². The molecule has 0 saturated carbocycles. The van der Waals surface area contributed by atoms with Gasteiger partial charge in [-0.2, -0.15) is 0 Å². The van der Waals surface area contributed by atoms with Crippen LogP contribution in [0.4, 0.5) is 5.13 Å². The van der Waals surface area contributed by atoms with Crippen molar-refractivity contribution in [2.45, 2.75) is 39.2 Å². The maximum Gasteiger partial charge on any atom is 0.233 e. The van der Waals surface area contributed by atoms with E-state index >= 15 is 0 Å². The fraction of sp³-hybridized carbons (Fsp3) is 0.308. The summed E-state index contributed by atoms with van der Waals surface area (Å²) in [4.78, 5) is 20.2.